The lowest BCUT2D eigenvalue weighted by atomic mass is 10.0. The molecule has 48 valence electrons. The summed E-state index contributed by atoms with van der Waals surface area (Å²) in [7, 11) is 0. The molecule has 0 saturated carbocycles. The fourth-order valence-corrected chi connectivity index (χ4v) is 0.353. The molecule has 0 atom stereocenters. The largest absolute Gasteiger partial charge is 0.386 e. The van der Waals surface area contributed by atoms with Crippen molar-refractivity contribution in [2.75, 3.05) is 0 Å². The maximum absolute atomic E-state index is 9.22. The van der Waals surface area contributed by atoms with Gasteiger partial charge < -0.3 is 5.11 Å². The minimum Gasteiger partial charge on any atom is -0.386 e. The zero-order valence-corrected chi connectivity index (χ0v) is 6.02. The molecule has 1 N–H and O–H groups in total. The van der Waals surface area contributed by atoms with E-state index in [1.165, 1.54) is 0 Å². The molecule has 0 unspecified atom stereocenters. The zero-order chi connectivity index (χ0) is 6.78. The number of rotatable bonds is 1. The Morgan fingerprint density at radius 3 is 1.88 bits per heavy atom. The van der Waals surface area contributed by atoms with Gasteiger partial charge in [0.15, 0.2) is 0 Å². The van der Waals surface area contributed by atoms with Gasteiger partial charge in [0.1, 0.15) is 0 Å². The summed E-state index contributed by atoms with van der Waals surface area (Å²) in [5.74, 6) is 0. The summed E-state index contributed by atoms with van der Waals surface area (Å²) in [6.07, 6.45) is 1.92. The SMILES string of the molecule is C/C=C(/C)C(C)(C)O. The van der Waals surface area contributed by atoms with E-state index in [4.69, 9.17) is 0 Å². The Kier molecular flexibility index (Phi) is 2.23. The summed E-state index contributed by atoms with van der Waals surface area (Å²) < 4.78 is 0. The maximum atomic E-state index is 9.22. The molecule has 8 heavy (non-hydrogen) atoms. The third-order valence-electron chi connectivity index (χ3n) is 1.40. The smallest absolute Gasteiger partial charge is 0.0797 e. The highest BCUT2D eigenvalue weighted by molar-refractivity contribution is 5.08. The third-order valence-corrected chi connectivity index (χ3v) is 1.40. The Labute approximate surface area is 51.0 Å². The van der Waals surface area contributed by atoms with Crippen molar-refractivity contribution in [3.05, 3.63) is 11.6 Å². The summed E-state index contributed by atoms with van der Waals surface area (Å²) in [5, 5.41) is 9.22. The second kappa shape index (κ2) is 2.31. The molecule has 1 nitrogen and oxygen atoms in total. The number of allylic oxidation sites excluding steroid dienone is 1. The summed E-state index contributed by atoms with van der Waals surface area (Å²) in [6, 6.07) is 0. The van der Waals surface area contributed by atoms with Crippen LogP contribution in [0.5, 0.6) is 0 Å². The molecule has 0 aliphatic heterocycles. The average molecular weight is 114 g/mol. The van der Waals surface area contributed by atoms with Crippen LogP contribution in [0.15, 0.2) is 11.6 Å². The van der Waals surface area contributed by atoms with Crippen molar-refractivity contribution in [1.82, 2.24) is 0 Å². The van der Waals surface area contributed by atoms with Crippen LogP contribution in [0.1, 0.15) is 27.7 Å². The molecule has 0 aromatic carbocycles. The second-order valence-electron chi connectivity index (χ2n) is 2.53. The fourth-order valence-electron chi connectivity index (χ4n) is 0.353. The lowest BCUT2D eigenvalue weighted by Crippen LogP contribution is -2.19. The molecule has 0 aliphatic rings. The Morgan fingerprint density at radius 1 is 1.50 bits per heavy atom. The van der Waals surface area contributed by atoms with E-state index in [1.807, 2.05) is 19.9 Å². The minimum atomic E-state index is -0.630. The highest BCUT2D eigenvalue weighted by Gasteiger charge is 2.12. The van der Waals surface area contributed by atoms with Gasteiger partial charge in [-0.3, -0.25) is 0 Å². The molecular weight excluding hydrogens is 100 g/mol. The van der Waals surface area contributed by atoms with Crippen molar-refractivity contribution >= 4 is 0 Å². The summed E-state index contributed by atoms with van der Waals surface area (Å²) in [4.78, 5) is 0. The Morgan fingerprint density at radius 2 is 1.88 bits per heavy atom. The third kappa shape index (κ3) is 2.12. The van der Waals surface area contributed by atoms with Crippen molar-refractivity contribution < 1.29 is 5.11 Å². The van der Waals surface area contributed by atoms with Gasteiger partial charge in [0.2, 0.25) is 0 Å². The first-order valence-electron chi connectivity index (χ1n) is 2.84. The topological polar surface area (TPSA) is 20.2 Å². The van der Waals surface area contributed by atoms with Crippen LogP contribution in [-0.2, 0) is 0 Å². The van der Waals surface area contributed by atoms with Gasteiger partial charge in [-0.2, -0.15) is 0 Å². The normalized spacial score (nSPS) is 14.4. The van der Waals surface area contributed by atoms with Gasteiger partial charge in [0, 0.05) is 0 Å². The number of hydrogen-bond acceptors (Lipinski definition) is 1. The maximum Gasteiger partial charge on any atom is 0.0797 e. The zero-order valence-electron chi connectivity index (χ0n) is 6.02. The first-order chi connectivity index (χ1) is 3.48. The first-order valence-corrected chi connectivity index (χ1v) is 2.84. The van der Waals surface area contributed by atoms with Gasteiger partial charge in [-0.15, -0.1) is 0 Å². The van der Waals surface area contributed by atoms with Gasteiger partial charge in [0.05, 0.1) is 5.60 Å². The standard InChI is InChI=1S/C7H14O/c1-5-6(2)7(3,4)8/h5,8H,1-4H3/b6-5-. The van der Waals surface area contributed by atoms with Crippen molar-refractivity contribution in [2.45, 2.75) is 33.3 Å². The minimum absolute atomic E-state index is 0.630. The monoisotopic (exact) mass is 114 g/mol. The van der Waals surface area contributed by atoms with E-state index >= 15 is 0 Å². The van der Waals surface area contributed by atoms with Gasteiger partial charge in [-0.25, -0.2) is 0 Å². The quantitative estimate of drug-likeness (QED) is 0.515. The second-order valence-corrected chi connectivity index (χ2v) is 2.53. The van der Waals surface area contributed by atoms with Gasteiger partial charge >= 0.3 is 0 Å². The van der Waals surface area contributed by atoms with Crippen molar-refractivity contribution in [3.8, 4) is 0 Å². The molecule has 0 aliphatic carbocycles. The number of aliphatic hydroxyl groups is 1. The van der Waals surface area contributed by atoms with E-state index in [1.54, 1.807) is 13.8 Å². The molecule has 0 aromatic heterocycles. The predicted molar refractivity (Wildman–Crippen MR) is 35.7 cm³/mol. The van der Waals surface area contributed by atoms with Crippen LogP contribution in [0.2, 0.25) is 0 Å². The highest BCUT2D eigenvalue weighted by atomic mass is 16.3. The molecular formula is C7H14O. The van der Waals surface area contributed by atoms with E-state index in [0.29, 0.717) is 0 Å². The molecule has 0 bridgehead atoms. The van der Waals surface area contributed by atoms with E-state index in [-0.39, 0.29) is 0 Å². The molecule has 1 heteroatoms. The van der Waals surface area contributed by atoms with Crippen molar-refractivity contribution in [2.24, 2.45) is 0 Å². The van der Waals surface area contributed by atoms with Crippen LogP contribution in [0.3, 0.4) is 0 Å². The van der Waals surface area contributed by atoms with E-state index in [2.05, 4.69) is 0 Å². The predicted octanol–water partition coefficient (Wildman–Crippen LogP) is 1.72. The van der Waals surface area contributed by atoms with Crippen LogP contribution in [0.4, 0.5) is 0 Å². The number of hydrogen-bond donors (Lipinski definition) is 1. The molecule has 0 amide bonds. The van der Waals surface area contributed by atoms with Crippen LogP contribution in [-0.4, -0.2) is 10.7 Å². The van der Waals surface area contributed by atoms with Crippen molar-refractivity contribution in [3.63, 3.8) is 0 Å². The van der Waals surface area contributed by atoms with E-state index < -0.39 is 5.60 Å². The Hall–Kier alpha value is -0.300. The summed E-state index contributed by atoms with van der Waals surface area (Å²) in [6.45, 7) is 7.40. The lowest BCUT2D eigenvalue weighted by molar-refractivity contribution is 0.120. The van der Waals surface area contributed by atoms with Gasteiger partial charge in [-0.1, -0.05) is 6.08 Å². The van der Waals surface area contributed by atoms with Crippen LogP contribution >= 0.6 is 0 Å². The Balaban J connectivity index is 4.03. The van der Waals surface area contributed by atoms with E-state index in [0.717, 1.165) is 5.57 Å². The Bertz CT molecular complexity index is 95.4. The summed E-state index contributed by atoms with van der Waals surface area (Å²) in [5.41, 5.74) is 0.381. The molecule has 0 aromatic rings. The first kappa shape index (κ1) is 7.70. The molecule has 0 fully saturated rings. The lowest BCUT2D eigenvalue weighted by Gasteiger charge is -2.17. The average Bonchev–Trinajstić information content (AvgIpc) is 1.62. The molecule has 0 spiro atoms. The van der Waals surface area contributed by atoms with Crippen LogP contribution in [0.25, 0.3) is 0 Å². The van der Waals surface area contributed by atoms with Gasteiger partial charge in [0.25, 0.3) is 0 Å². The van der Waals surface area contributed by atoms with Crippen LogP contribution < -0.4 is 0 Å². The fraction of sp³-hybridized carbons (Fsp3) is 0.714. The summed E-state index contributed by atoms with van der Waals surface area (Å²) >= 11 is 0. The van der Waals surface area contributed by atoms with Crippen molar-refractivity contribution in [1.29, 1.82) is 0 Å². The molecule has 0 heterocycles. The molecule has 0 radical (unpaired) electrons. The highest BCUT2D eigenvalue weighted by Crippen LogP contribution is 2.12. The van der Waals surface area contributed by atoms with Gasteiger partial charge in [-0.05, 0) is 33.3 Å². The van der Waals surface area contributed by atoms with E-state index in [9.17, 15) is 5.11 Å². The van der Waals surface area contributed by atoms with Crippen LogP contribution in [0, 0.1) is 0 Å². The molecule has 0 rings (SSSR count). The molecule has 0 saturated heterocycles.